The third-order valence-corrected chi connectivity index (χ3v) is 2.15. The minimum atomic E-state index is 0.204. The smallest absolute Gasteiger partial charge is 0.133 e. The Bertz CT molecular complexity index is 276. The lowest BCUT2D eigenvalue weighted by molar-refractivity contribution is 0.197. The third-order valence-electron chi connectivity index (χ3n) is 1.50. The van der Waals surface area contributed by atoms with E-state index < -0.39 is 0 Å². The molecule has 0 heterocycles. The van der Waals surface area contributed by atoms with Crippen LogP contribution >= 0.6 is 15.9 Å². The van der Waals surface area contributed by atoms with Gasteiger partial charge in [-0.3, -0.25) is 0 Å². The summed E-state index contributed by atoms with van der Waals surface area (Å²) < 4.78 is 6.67. The van der Waals surface area contributed by atoms with Gasteiger partial charge in [-0.1, -0.05) is 32.9 Å². The summed E-state index contributed by atoms with van der Waals surface area (Å²) in [5, 5.41) is 0. The Labute approximate surface area is 88.2 Å². The van der Waals surface area contributed by atoms with Gasteiger partial charge in [0.15, 0.2) is 0 Å². The number of ether oxygens (including phenoxy) is 1. The van der Waals surface area contributed by atoms with Crippen molar-refractivity contribution in [3.8, 4) is 5.75 Å². The second kappa shape index (κ2) is 4.14. The summed E-state index contributed by atoms with van der Waals surface area (Å²) in [4.78, 5) is 0. The summed E-state index contributed by atoms with van der Waals surface area (Å²) in [6.07, 6.45) is 0. The zero-order chi connectivity index (χ0) is 9.90. The number of para-hydroxylation sites is 1. The van der Waals surface area contributed by atoms with Crippen LogP contribution in [0.5, 0.6) is 5.75 Å². The molecule has 13 heavy (non-hydrogen) atoms. The van der Waals surface area contributed by atoms with Crippen LogP contribution in [0.2, 0.25) is 0 Å². The first-order valence-corrected chi connectivity index (χ1v) is 5.16. The molecule has 0 aliphatic carbocycles. The molecular formula is C11H15BrO. The van der Waals surface area contributed by atoms with Crippen molar-refractivity contribution in [3.63, 3.8) is 0 Å². The van der Waals surface area contributed by atoms with Crippen molar-refractivity contribution in [3.05, 3.63) is 28.7 Å². The van der Waals surface area contributed by atoms with Crippen molar-refractivity contribution in [1.82, 2.24) is 0 Å². The van der Waals surface area contributed by atoms with Crippen molar-refractivity contribution < 1.29 is 4.74 Å². The minimum Gasteiger partial charge on any atom is -0.492 e. The van der Waals surface area contributed by atoms with Crippen LogP contribution < -0.4 is 4.74 Å². The van der Waals surface area contributed by atoms with Crippen molar-refractivity contribution in [2.75, 3.05) is 6.61 Å². The Hall–Kier alpha value is -0.500. The van der Waals surface area contributed by atoms with Crippen molar-refractivity contribution >= 4 is 15.9 Å². The van der Waals surface area contributed by atoms with E-state index in [1.165, 1.54) is 0 Å². The number of rotatable bonds is 2. The zero-order valence-electron chi connectivity index (χ0n) is 8.30. The molecule has 1 nitrogen and oxygen atoms in total. The van der Waals surface area contributed by atoms with E-state index in [0.29, 0.717) is 0 Å². The van der Waals surface area contributed by atoms with Crippen LogP contribution in [0.4, 0.5) is 0 Å². The zero-order valence-corrected chi connectivity index (χ0v) is 9.89. The molecule has 0 aliphatic heterocycles. The Balaban J connectivity index is 2.60. The lowest BCUT2D eigenvalue weighted by Gasteiger charge is -2.19. The summed E-state index contributed by atoms with van der Waals surface area (Å²) in [5.41, 5.74) is 0.204. The molecule has 1 aromatic rings. The van der Waals surface area contributed by atoms with Crippen LogP contribution in [0.1, 0.15) is 20.8 Å². The van der Waals surface area contributed by atoms with Crippen LogP contribution in [0.15, 0.2) is 28.7 Å². The van der Waals surface area contributed by atoms with Gasteiger partial charge in [0.1, 0.15) is 5.75 Å². The van der Waals surface area contributed by atoms with Gasteiger partial charge in [0, 0.05) is 0 Å². The first-order valence-electron chi connectivity index (χ1n) is 4.36. The summed E-state index contributed by atoms with van der Waals surface area (Å²) in [6.45, 7) is 7.20. The van der Waals surface area contributed by atoms with Gasteiger partial charge in [-0.05, 0) is 33.5 Å². The van der Waals surface area contributed by atoms with Crippen LogP contribution in [-0.4, -0.2) is 6.61 Å². The number of hydrogen-bond donors (Lipinski definition) is 0. The average molecular weight is 243 g/mol. The quantitative estimate of drug-likeness (QED) is 0.766. The van der Waals surface area contributed by atoms with Crippen molar-refractivity contribution in [1.29, 1.82) is 0 Å². The fourth-order valence-electron chi connectivity index (χ4n) is 0.856. The topological polar surface area (TPSA) is 9.23 Å². The number of halogens is 1. The molecule has 2 heteroatoms. The lowest BCUT2D eigenvalue weighted by atomic mass is 9.99. The SMILES string of the molecule is CC(C)(C)COc1ccccc1Br. The second-order valence-corrected chi connectivity index (χ2v) is 5.13. The van der Waals surface area contributed by atoms with E-state index in [2.05, 4.69) is 36.7 Å². The summed E-state index contributed by atoms with van der Waals surface area (Å²) in [7, 11) is 0. The van der Waals surface area contributed by atoms with Gasteiger partial charge in [-0.25, -0.2) is 0 Å². The van der Waals surface area contributed by atoms with Crippen LogP contribution in [0, 0.1) is 5.41 Å². The summed E-state index contributed by atoms with van der Waals surface area (Å²) >= 11 is 3.44. The van der Waals surface area contributed by atoms with E-state index in [-0.39, 0.29) is 5.41 Å². The van der Waals surface area contributed by atoms with Crippen LogP contribution in [0.25, 0.3) is 0 Å². The van der Waals surface area contributed by atoms with Crippen molar-refractivity contribution in [2.45, 2.75) is 20.8 Å². The largest absolute Gasteiger partial charge is 0.492 e. The Morgan fingerprint density at radius 3 is 2.38 bits per heavy atom. The monoisotopic (exact) mass is 242 g/mol. The first kappa shape index (κ1) is 10.6. The van der Waals surface area contributed by atoms with Gasteiger partial charge in [0.2, 0.25) is 0 Å². The van der Waals surface area contributed by atoms with Gasteiger partial charge < -0.3 is 4.74 Å². The highest BCUT2D eigenvalue weighted by Gasteiger charge is 2.11. The molecular weight excluding hydrogens is 228 g/mol. The van der Waals surface area contributed by atoms with Gasteiger partial charge >= 0.3 is 0 Å². The molecule has 0 fully saturated rings. The number of hydrogen-bond acceptors (Lipinski definition) is 1. The molecule has 0 saturated heterocycles. The maximum Gasteiger partial charge on any atom is 0.133 e. The molecule has 0 amide bonds. The molecule has 0 atom stereocenters. The molecule has 1 rings (SSSR count). The van der Waals surface area contributed by atoms with Gasteiger partial charge in [0.25, 0.3) is 0 Å². The standard InChI is InChI=1S/C11H15BrO/c1-11(2,3)8-13-10-7-5-4-6-9(10)12/h4-7H,8H2,1-3H3. The third kappa shape index (κ3) is 3.81. The molecule has 0 radical (unpaired) electrons. The fraction of sp³-hybridized carbons (Fsp3) is 0.455. The minimum absolute atomic E-state index is 0.204. The van der Waals surface area contributed by atoms with Crippen LogP contribution in [-0.2, 0) is 0 Å². The van der Waals surface area contributed by atoms with Gasteiger partial charge in [-0.15, -0.1) is 0 Å². The normalized spacial score (nSPS) is 11.4. The van der Waals surface area contributed by atoms with E-state index >= 15 is 0 Å². The molecule has 1 aromatic carbocycles. The highest BCUT2D eigenvalue weighted by Crippen LogP contribution is 2.25. The van der Waals surface area contributed by atoms with Gasteiger partial charge in [-0.2, -0.15) is 0 Å². The predicted molar refractivity (Wildman–Crippen MR) is 59.1 cm³/mol. The van der Waals surface area contributed by atoms with E-state index in [0.717, 1.165) is 16.8 Å². The first-order chi connectivity index (χ1) is 5.99. The second-order valence-electron chi connectivity index (χ2n) is 4.28. The maximum atomic E-state index is 5.65. The van der Waals surface area contributed by atoms with E-state index in [1.54, 1.807) is 0 Å². The molecule has 0 N–H and O–H groups in total. The fourth-order valence-corrected chi connectivity index (χ4v) is 1.26. The lowest BCUT2D eigenvalue weighted by Crippen LogP contribution is -2.16. The molecule has 72 valence electrons. The molecule has 0 bridgehead atoms. The molecule has 0 unspecified atom stereocenters. The van der Waals surface area contributed by atoms with E-state index in [1.807, 2.05) is 24.3 Å². The Morgan fingerprint density at radius 2 is 1.85 bits per heavy atom. The van der Waals surface area contributed by atoms with Crippen molar-refractivity contribution in [2.24, 2.45) is 5.41 Å². The predicted octanol–water partition coefficient (Wildman–Crippen LogP) is 3.87. The van der Waals surface area contributed by atoms with E-state index in [4.69, 9.17) is 4.74 Å². The Kier molecular flexibility index (Phi) is 3.37. The van der Waals surface area contributed by atoms with Gasteiger partial charge in [0.05, 0.1) is 11.1 Å². The molecule has 0 aliphatic rings. The van der Waals surface area contributed by atoms with Crippen LogP contribution in [0.3, 0.4) is 0 Å². The average Bonchev–Trinajstić information content (AvgIpc) is 2.01. The Morgan fingerprint density at radius 1 is 1.23 bits per heavy atom. The summed E-state index contributed by atoms with van der Waals surface area (Å²) in [5.74, 6) is 0.914. The number of benzene rings is 1. The highest BCUT2D eigenvalue weighted by atomic mass is 79.9. The molecule has 0 aromatic heterocycles. The molecule has 0 saturated carbocycles. The summed E-state index contributed by atoms with van der Waals surface area (Å²) in [6, 6.07) is 7.91. The molecule has 0 spiro atoms. The van der Waals surface area contributed by atoms with E-state index in [9.17, 15) is 0 Å². The highest BCUT2D eigenvalue weighted by molar-refractivity contribution is 9.10. The maximum absolute atomic E-state index is 5.65.